The van der Waals surface area contributed by atoms with E-state index in [1.807, 2.05) is 0 Å². The van der Waals surface area contributed by atoms with Crippen molar-refractivity contribution in [2.75, 3.05) is 6.61 Å². The molecule has 82 valence electrons. The van der Waals surface area contributed by atoms with Gasteiger partial charge in [-0.15, -0.1) is 0 Å². The van der Waals surface area contributed by atoms with Crippen LogP contribution in [0.1, 0.15) is 25.0 Å². The van der Waals surface area contributed by atoms with E-state index >= 15 is 0 Å². The summed E-state index contributed by atoms with van der Waals surface area (Å²) >= 11 is 0. The second kappa shape index (κ2) is 3.91. The van der Waals surface area contributed by atoms with Crippen molar-refractivity contribution in [1.82, 2.24) is 0 Å². The molecule has 1 fully saturated rings. The molecule has 2 aromatic rings. The van der Waals surface area contributed by atoms with Crippen molar-refractivity contribution in [3.8, 4) is 0 Å². The number of rotatable bonds is 1. The van der Waals surface area contributed by atoms with Crippen LogP contribution in [0.3, 0.4) is 0 Å². The lowest BCUT2D eigenvalue weighted by molar-refractivity contribution is 0.0957. The Balaban J connectivity index is 2.16. The Hall–Kier alpha value is -1.34. The molecule has 1 nitrogen and oxygen atoms in total. The standard InChI is InChI=1S/C15H16O/c1-11-9-10-16-15(11)14-8-4-6-12-5-2-3-7-13(12)14/h2-8,11,15H,9-10H2,1H3/t11-,15+/m1/s1. The van der Waals surface area contributed by atoms with Gasteiger partial charge in [-0.05, 0) is 28.7 Å². The quantitative estimate of drug-likeness (QED) is 0.695. The highest BCUT2D eigenvalue weighted by Crippen LogP contribution is 2.37. The third-order valence-electron chi connectivity index (χ3n) is 3.52. The van der Waals surface area contributed by atoms with Gasteiger partial charge >= 0.3 is 0 Å². The number of ether oxygens (including phenoxy) is 1. The zero-order valence-electron chi connectivity index (χ0n) is 9.52. The molecule has 1 saturated heterocycles. The minimum atomic E-state index is 0.283. The molecule has 1 heteroatoms. The van der Waals surface area contributed by atoms with Gasteiger partial charge in [-0.2, -0.15) is 0 Å². The third-order valence-corrected chi connectivity index (χ3v) is 3.52. The van der Waals surface area contributed by atoms with Crippen molar-refractivity contribution in [1.29, 1.82) is 0 Å². The highest BCUT2D eigenvalue weighted by molar-refractivity contribution is 5.86. The van der Waals surface area contributed by atoms with E-state index < -0.39 is 0 Å². The average molecular weight is 212 g/mol. The molecule has 0 amide bonds. The second-order valence-corrected chi connectivity index (χ2v) is 4.63. The molecular formula is C15H16O. The largest absolute Gasteiger partial charge is 0.373 e. The molecule has 0 N–H and O–H groups in total. The van der Waals surface area contributed by atoms with Gasteiger partial charge in [-0.25, -0.2) is 0 Å². The normalized spacial score (nSPS) is 25.1. The third kappa shape index (κ3) is 1.52. The molecule has 0 aliphatic carbocycles. The fourth-order valence-electron chi connectivity index (χ4n) is 2.59. The lowest BCUT2D eigenvalue weighted by Crippen LogP contribution is -2.04. The summed E-state index contributed by atoms with van der Waals surface area (Å²) in [6.45, 7) is 3.18. The molecule has 1 aliphatic heterocycles. The number of hydrogen-bond acceptors (Lipinski definition) is 1. The molecule has 1 heterocycles. The van der Waals surface area contributed by atoms with E-state index in [4.69, 9.17) is 4.74 Å². The summed E-state index contributed by atoms with van der Waals surface area (Å²) < 4.78 is 5.86. The van der Waals surface area contributed by atoms with Crippen LogP contribution in [0.5, 0.6) is 0 Å². The van der Waals surface area contributed by atoms with Crippen LogP contribution >= 0.6 is 0 Å². The summed E-state index contributed by atoms with van der Waals surface area (Å²) in [6.07, 6.45) is 1.46. The van der Waals surface area contributed by atoms with Crippen molar-refractivity contribution in [2.45, 2.75) is 19.4 Å². The van der Waals surface area contributed by atoms with Gasteiger partial charge in [-0.1, -0.05) is 49.4 Å². The molecule has 0 radical (unpaired) electrons. The van der Waals surface area contributed by atoms with Crippen LogP contribution in [-0.4, -0.2) is 6.61 Å². The minimum Gasteiger partial charge on any atom is -0.373 e. The van der Waals surface area contributed by atoms with E-state index in [0.717, 1.165) is 6.61 Å². The van der Waals surface area contributed by atoms with E-state index in [0.29, 0.717) is 5.92 Å². The monoisotopic (exact) mass is 212 g/mol. The van der Waals surface area contributed by atoms with Crippen molar-refractivity contribution in [3.63, 3.8) is 0 Å². The Morgan fingerprint density at radius 3 is 2.69 bits per heavy atom. The van der Waals surface area contributed by atoms with Gasteiger partial charge in [-0.3, -0.25) is 0 Å². The van der Waals surface area contributed by atoms with E-state index in [1.54, 1.807) is 0 Å². The summed E-state index contributed by atoms with van der Waals surface area (Å²) in [4.78, 5) is 0. The topological polar surface area (TPSA) is 9.23 Å². The number of benzene rings is 2. The minimum absolute atomic E-state index is 0.283. The summed E-state index contributed by atoms with van der Waals surface area (Å²) in [5, 5.41) is 2.64. The van der Waals surface area contributed by atoms with Gasteiger partial charge < -0.3 is 4.74 Å². The fourth-order valence-corrected chi connectivity index (χ4v) is 2.59. The Morgan fingerprint density at radius 2 is 1.88 bits per heavy atom. The summed E-state index contributed by atoms with van der Waals surface area (Å²) in [7, 11) is 0. The van der Waals surface area contributed by atoms with Crippen LogP contribution in [-0.2, 0) is 4.74 Å². The molecule has 0 spiro atoms. The van der Waals surface area contributed by atoms with Crippen molar-refractivity contribution < 1.29 is 4.74 Å². The first-order valence-electron chi connectivity index (χ1n) is 5.95. The SMILES string of the molecule is C[C@@H]1CCO[C@@H]1c1cccc2ccccc12. The average Bonchev–Trinajstić information content (AvgIpc) is 2.75. The maximum Gasteiger partial charge on any atom is 0.0857 e. The van der Waals surface area contributed by atoms with Gasteiger partial charge in [0.2, 0.25) is 0 Å². The van der Waals surface area contributed by atoms with Gasteiger partial charge in [0.25, 0.3) is 0 Å². The van der Waals surface area contributed by atoms with E-state index in [1.165, 1.54) is 22.8 Å². The molecule has 0 bridgehead atoms. The van der Waals surface area contributed by atoms with Gasteiger partial charge in [0.05, 0.1) is 6.10 Å². The van der Waals surface area contributed by atoms with Crippen molar-refractivity contribution in [2.24, 2.45) is 5.92 Å². The van der Waals surface area contributed by atoms with Crippen LogP contribution < -0.4 is 0 Å². The molecule has 2 aromatic carbocycles. The predicted molar refractivity (Wildman–Crippen MR) is 66.4 cm³/mol. The summed E-state index contributed by atoms with van der Waals surface area (Å²) in [5.74, 6) is 0.630. The molecule has 0 unspecified atom stereocenters. The number of fused-ring (bicyclic) bond motifs is 1. The molecule has 3 rings (SSSR count). The molecule has 1 aliphatic rings. The van der Waals surface area contributed by atoms with Gasteiger partial charge in [0.15, 0.2) is 0 Å². The Kier molecular flexibility index (Phi) is 2.41. The Bertz CT molecular complexity index is 498. The first kappa shape index (κ1) is 9.86. The Morgan fingerprint density at radius 1 is 1.06 bits per heavy atom. The summed E-state index contributed by atoms with van der Waals surface area (Å²) in [6, 6.07) is 15.0. The van der Waals surface area contributed by atoms with Gasteiger partial charge in [0.1, 0.15) is 0 Å². The van der Waals surface area contributed by atoms with Crippen molar-refractivity contribution >= 4 is 10.8 Å². The maximum absolute atomic E-state index is 5.86. The van der Waals surface area contributed by atoms with Crippen LogP contribution in [0.25, 0.3) is 10.8 Å². The van der Waals surface area contributed by atoms with Crippen LogP contribution in [0.15, 0.2) is 42.5 Å². The highest BCUT2D eigenvalue weighted by Gasteiger charge is 2.26. The lowest BCUT2D eigenvalue weighted by Gasteiger charge is -2.17. The smallest absolute Gasteiger partial charge is 0.0857 e. The zero-order chi connectivity index (χ0) is 11.0. The Labute approximate surface area is 96.0 Å². The predicted octanol–water partition coefficient (Wildman–Crippen LogP) is 3.94. The first-order chi connectivity index (χ1) is 7.86. The summed E-state index contributed by atoms with van der Waals surface area (Å²) in [5.41, 5.74) is 1.35. The molecule has 2 atom stereocenters. The van der Waals surface area contributed by atoms with Crippen LogP contribution in [0.4, 0.5) is 0 Å². The van der Waals surface area contributed by atoms with Gasteiger partial charge in [0, 0.05) is 6.61 Å². The van der Waals surface area contributed by atoms with E-state index in [-0.39, 0.29) is 6.10 Å². The maximum atomic E-state index is 5.86. The van der Waals surface area contributed by atoms with E-state index in [9.17, 15) is 0 Å². The number of hydrogen-bond donors (Lipinski definition) is 0. The molecule has 16 heavy (non-hydrogen) atoms. The first-order valence-corrected chi connectivity index (χ1v) is 5.95. The van der Waals surface area contributed by atoms with Crippen molar-refractivity contribution in [3.05, 3.63) is 48.0 Å². The second-order valence-electron chi connectivity index (χ2n) is 4.63. The lowest BCUT2D eigenvalue weighted by atomic mass is 9.93. The van der Waals surface area contributed by atoms with Crippen LogP contribution in [0.2, 0.25) is 0 Å². The van der Waals surface area contributed by atoms with Crippen LogP contribution in [0, 0.1) is 5.92 Å². The zero-order valence-corrected chi connectivity index (χ0v) is 9.52. The fraction of sp³-hybridized carbons (Fsp3) is 0.333. The molecular weight excluding hydrogens is 196 g/mol. The molecule has 0 aromatic heterocycles. The highest BCUT2D eigenvalue weighted by atomic mass is 16.5. The van der Waals surface area contributed by atoms with E-state index in [2.05, 4.69) is 49.4 Å². The molecule has 0 saturated carbocycles.